The second kappa shape index (κ2) is 6.09. The molecule has 0 aromatic heterocycles. The van der Waals surface area contributed by atoms with Crippen molar-refractivity contribution in [3.8, 4) is 0 Å². The van der Waals surface area contributed by atoms with Gasteiger partial charge < -0.3 is 5.32 Å². The second-order valence-electron chi connectivity index (χ2n) is 3.16. The molecule has 1 aromatic rings. The van der Waals surface area contributed by atoms with E-state index in [2.05, 4.69) is 5.32 Å². The molecule has 0 spiro atoms. The molecule has 0 heterocycles. The van der Waals surface area contributed by atoms with Gasteiger partial charge in [0, 0.05) is 0 Å². The van der Waals surface area contributed by atoms with Crippen molar-refractivity contribution in [2.45, 2.75) is 6.42 Å². The molecule has 2 nitrogen and oxygen atoms in total. The lowest BCUT2D eigenvalue weighted by atomic mass is 10.1. The predicted molar refractivity (Wildman–Crippen MR) is 59.4 cm³/mol. The molecular formula is C12H14FNO. The molecule has 0 fully saturated rings. The van der Waals surface area contributed by atoms with E-state index in [1.807, 2.05) is 13.1 Å². The lowest BCUT2D eigenvalue weighted by molar-refractivity contribution is 0.111. The fourth-order valence-corrected chi connectivity index (χ4v) is 1.26. The van der Waals surface area contributed by atoms with Gasteiger partial charge in [0.1, 0.15) is 5.82 Å². The molecule has 3 heteroatoms. The first-order valence-corrected chi connectivity index (χ1v) is 4.84. The van der Waals surface area contributed by atoms with Crippen molar-refractivity contribution in [1.29, 1.82) is 0 Å². The normalized spacial score (nSPS) is 10.8. The molecule has 0 saturated carbocycles. The first kappa shape index (κ1) is 11.6. The minimum absolute atomic E-state index is 0.123. The summed E-state index contributed by atoms with van der Waals surface area (Å²) in [6, 6.07) is 4.61. The summed E-state index contributed by atoms with van der Waals surface area (Å²) in [5.41, 5.74) is 0.749. The molecule has 0 aliphatic rings. The van der Waals surface area contributed by atoms with Crippen LogP contribution in [0.4, 0.5) is 4.39 Å². The van der Waals surface area contributed by atoms with Crippen LogP contribution < -0.4 is 5.32 Å². The SMILES string of the molecule is CNCCC=Cc1cccc(F)c1C=O. The molecule has 0 aliphatic carbocycles. The number of aldehydes is 1. The highest BCUT2D eigenvalue weighted by molar-refractivity contribution is 5.82. The van der Waals surface area contributed by atoms with Gasteiger partial charge in [0.15, 0.2) is 6.29 Å². The maximum atomic E-state index is 13.1. The van der Waals surface area contributed by atoms with Crippen LogP contribution in [0.2, 0.25) is 0 Å². The van der Waals surface area contributed by atoms with Crippen LogP contribution in [0.15, 0.2) is 24.3 Å². The van der Waals surface area contributed by atoms with Crippen molar-refractivity contribution in [3.05, 3.63) is 41.2 Å². The van der Waals surface area contributed by atoms with E-state index in [0.717, 1.165) is 13.0 Å². The highest BCUT2D eigenvalue weighted by atomic mass is 19.1. The molecule has 0 radical (unpaired) electrons. The zero-order valence-electron chi connectivity index (χ0n) is 8.66. The number of carbonyl (C=O) groups excluding carboxylic acids is 1. The largest absolute Gasteiger partial charge is 0.319 e. The highest BCUT2D eigenvalue weighted by Crippen LogP contribution is 2.13. The predicted octanol–water partition coefficient (Wildman–Crippen LogP) is 2.26. The summed E-state index contributed by atoms with van der Waals surface area (Å²) in [7, 11) is 1.87. The number of halogens is 1. The quantitative estimate of drug-likeness (QED) is 0.592. The third-order valence-corrected chi connectivity index (χ3v) is 2.06. The topological polar surface area (TPSA) is 29.1 Å². The third kappa shape index (κ3) is 3.29. The van der Waals surface area contributed by atoms with E-state index >= 15 is 0 Å². The molecule has 0 bridgehead atoms. The summed E-state index contributed by atoms with van der Waals surface area (Å²) < 4.78 is 13.1. The number of carbonyl (C=O) groups is 1. The molecule has 1 aromatic carbocycles. The van der Waals surface area contributed by atoms with E-state index in [1.54, 1.807) is 18.2 Å². The fourth-order valence-electron chi connectivity index (χ4n) is 1.26. The maximum absolute atomic E-state index is 13.1. The first-order chi connectivity index (χ1) is 7.29. The molecule has 0 saturated heterocycles. The zero-order valence-corrected chi connectivity index (χ0v) is 8.66. The molecular weight excluding hydrogens is 193 g/mol. The van der Waals surface area contributed by atoms with E-state index in [9.17, 15) is 9.18 Å². The first-order valence-electron chi connectivity index (χ1n) is 4.84. The maximum Gasteiger partial charge on any atom is 0.153 e. The van der Waals surface area contributed by atoms with Crippen LogP contribution in [-0.2, 0) is 0 Å². The molecule has 0 aliphatic heterocycles. The lowest BCUT2D eigenvalue weighted by Gasteiger charge is -1.99. The minimum atomic E-state index is -0.472. The number of rotatable bonds is 5. The van der Waals surface area contributed by atoms with E-state index < -0.39 is 5.82 Å². The molecule has 0 unspecified atom stereocenters. The number of hydrogen-bond donors (Lipinski definition) is 1. The Balaban J connectivity index is 2.80. The van der Waals surface area contributed by atoms with Crippen LogP contribution >= 0.6 is 0 Å². The van der Waals surface area contributed by atoms with Crippen LogP contribution in [-0.4, -0.2) is 19.9 Å². The van der Waals surface area contributed by atoms with Gasteiger partial charge in [-0.25, -0.2) is 4.39 Å². The second-order valence-corrected chi connectivity index (χ2v) is 3.16. The zero-order chi connectivity index (χ0) is 11.1. The van der Waals surface area contributed by atoms with Gasteiger partial charge in [0.25, 0.3) is 0 Å². The number of benzene rings is 1. The van der Waals surface area contributed by atoms with E-state index in [0.29, 0.717) is 11.8 Å². The van der Waals surface area contributed by atoms with Gasteiger partial charge in [-0.1, -0.05) is 24.3 Å². The summed E-state index contributed by atoms with van der Waals surface area (Å²) in [5.74, 6) is -0.472. The summed E-state index contributed by atoms with van der Waals surface area (Å²) in [6.07, 6.45) is 5.08. The van der Waals surface area contributed by atoms with E-state index in [-0.39, 0.29) is 5.56 Å². The minimum Gasteiger partial charge on any atom is -0.319 e. The lowest BCUT2D eigenvalue weighted by Crippen LogP contribution is -2.05. The monoisotopic (exact) mass is 207 g/mol. The Morgan fingerprint density at radius 2 is 2.27 bits per heavy atom. The van der Waals surface area contributed by atoms with E-state index in [4.69, 9.17) is 0 Å². The van der Waals surface area contributed by atoms with Gasteiger partial charge in [-0.15, -0.1) is 0 Å². The van der Waals surface area contributed by atoms with Gasteiger partial charge >= 0.3 is 0 Å². The highest BCUT2D eigenvalue weighted by Gasteiger charge is 2.03. The van der Waals surface area contributed by atoms with Crippen LogP contribution in [0.3, 0.4) is 0 Å². The fraction of sp³-hybridized carbons (Fsp3) is 0.250. The van der Waals surface area contributed by atoms with Crippen LogP contribution in [0.25, 0.3) is 6.08 Å². The molecule has 80 valence electrons. The Labute approximate surface area is 88.8 Å². The van der Waals surface area contributed by atoms with Crippen LogP contribution in [0, 0.1) is 5.82 Å². The van der Waals surface area contributed by atoms with Crippen molar-refractivity contribution < 1.29 is 9.18 Å². The Hall–Kier alpha value is -1.48. The Kier molecular flexibility index (Phi) is 4.71. The van der Waals surface area contributed by atoms with Crippen molar-refractivity contribution in [3.63, 3.8) is 0 Å². The number of nitrogens with one attached hydrogen (secondary N) is 1. The number of hydrogen-bond acceptors (Lipinski definition) is 2. The van der Waals surface area contributed by atoms with Crippen molar-refractivity contribution in [1.82, 2.24) is 5.32 Å². The average Bonchev–Trinajstić information content (AvgIpc) is 2.24. The Bertz CT molecular complexity index is 361. The van der Waals surface area contributed by atoms with Gasteiger partial charge in [0.05, 0.1) is 5.56 Å². The van der Waals surface area contributed by atoms with Crippen molar-refractivity contribution in [2.75, 3.05) is 13.6 Å². The van der Waals surface area contributed by atoms with Crippen molar-refractivity contribution >= 4 is 12.4 Å². The van der Waals surface area contributed by atoms with E-state index in [1.165, 1.54) is 6.07 Å². The van der Waals surface area contributed by atoms with Gasteiger partial charge in [0.2, 0.25) is 0 Å². The average molecular weight is 207 g/mol. The molecule has 0 amide bonds. The molecule has 0 atom stereocenters. The molecule has 15 heavy (non-hydrogen) atoms. The third-order valence-electron chi connectivity index (χ3n) is 2.06. The van der Waals surface area contributed by atoms with Crippen LogP contribution in [0.5, 0.6) is 0 Å². The summed E-state index contributed by atoms with van der Waals surface area (Å²) in [4.78, 5) is 10.7. The smallest absolute Gasteiger partial charge is 0.153 e. The summed E-state index contributed by atoms with van der Waals surface area (Å²) in [5, 5.41) is 3.00. The van der Waals surface area contributed by atoms with Gasteiger partial charge in [-0.05, 0) is 31.6 Å². The summed E-state index contributed by atoms with van der Waals surface area (Å²) in [6.45, 7) is 0.863. The Morgan fingerprint density at radius 3 is 2.93 bits per heavy atom. The summed E-state index contributed by atoms with van der Waals surface area (Å²) >= 11 is 0. The molecule has 1 N–H and O–H groups in total. The standard InChI is InChI=1S/C12H14FNO/c1-14-8-3-2-5-10-6-4-7-12(13)11(10)9-15/h2,4-7,9,14H,3,8H2,1H3. The molecule has 1 rings (SSSR count). The van der Waals surface area contributed by atoms with Crippen molar-refractivity contribution in [2.24, 2.45) is 0 Å². The van der Waals surface area contributed by atoms with Crippen LogP contribution in [0.1, 0.15) is 22.3 Å². The Morgan fingerprint density at radius 1 is 1.47 bits per heavy atom. The van der Waals surface area contributed by atoms with Gasteiger partial charge in [-0.3, -0.25) is 4.79 Å². The van der Waals surface area contributed by atoms with Gasteiger partial charge in [-0.2, -0.15) is 0 Å².